The van der Waals surface area contributed by atoms with Crippen LogP contribution in [-0.4, -0.2) is 36.0 Å². The Hall–Kier alpha value is -2.51. The molecule has 3 rings (SSSR count). The first kappa shape index (κ1) is 20.2. The SMILES string of the molecule is CC(C)OCCN1C(=O)C(Nc2cccc(Br)c2)=C(c2ccc(F)cc2)C1=O. The van der Waals surface area contributed by atoms with Crippen LogP contribution in [0.4, 0.5) is 10.1 Å². The lowest BCUT2D eigenvalue weighted by Gasteiger charge is -2.16. The Labute approximate surface area is 171 Å². The molecule has 0 saturated heterocycles. The van der Waals surface area contributed by atoms with Gasteiger partial charge < -0.3 is 10.1 Å². The van der Waals surface area contributed by atoms with Crippen LogP contribution in [0.2, 0.25) is 0 Å². The summed E-state index contributed by atoms with van der Waals surface area (Å²) in [6, 6.07) is 12.8. The number of nitrogens with zero attached hydrogens (tertiary/aromatic N) is 1. The largest absolute Gasteiger partial charge is 0.377 e. The van der Waals surface area contributed by atoms with E-state index in [-0.39, 0.29) is 30.5 Å². The molecule has 0 bridgehead atoms. The van der Waals surface area contributed by atoms with E-state index >= 15 is 0 Å². The third-order valence-corrected chi connectivity index (χ3v) is 4.65. The molecule has 0 aliphatic carbocycles. The highest BCUT2D eigenvalue weighted by Gasteiger charge is 2.39. The van der Waals surface area contributed by atoms with Gasteiger partial charge in [0.25, 0.3) is 11.8 Å². The van der Waals surface area contributed by atoms with Crippen molar-refractivity contribution in [3.8, 4) is 0 Å². The van der Waals surface area contributed by atoms with Gasteiger partial charge in [-0.3, -0.25) is 14.5 Å². The smallest absolute Gasteiger partial charge is 0.278 e. The number of hydrogen-bond acceptors (Lipinski definition) is 4. The van der Waals surface area contributed by atoms with Crippen LogP contribution in [0.3, 0.4) is 0 Å². The number of hydrogen-bond donors (Lipinski definition) is 1. The van der Waals surface area contributed by atoms with E-state index in [1.54, 1.807) is 12.1 Å². The van der Waals surface area contributed by atoms with Crippen molar-refractivity contribution in [2.45, 2.75) is 20.0 Å². The molecular weight excluding hydrogens is 427 g/mol. The molecule has 2 aromatic carbocycles. The quantitative estimate of drug-likeness (QED) is 0.647. The predicted molar refractivity (Wildman–Crippen MR) is 109 cm³/mol. The number of amides is 2. The Morgan fingerprint density at radius 2 is 1.82 bits per heavy atom. The standard InChI is InChI=1S/C21H20BrFN2O3/c1-13(2)28-11-10-25-20(26)18(14-6-8-16(23)9-7-14)19(21(25)27)24-17-5-3-4-15(22)12-17/h3-9,12-13,24H,10-11H2,1-2H3. The summed E-state index contributed by atoms with van der Waals surface area (Å²) < 4.78 is 19.7. The molecule has 5 nitrogen and oxygen atoms in total. The lowest BCUT2D eigenvalue weighted by atomic mass is 10.0. The van der Waals surface area contributed by atoms with Crippen molar-refractivity contribution >= 4 is 39.0 Å². The van der Waals surface area contributed by atoms with E-state index in [0.29, 0.717) is 11.3 Å². The summed E-state index contributed by atoms with van der Waals surface area (Å²) in [5, 5.41) is 3.06. The first-order valence-corrected chi connectivity index (χ1v) is 9.66. The molecule has 146 valence electrons. The van der Waals surface area contributed by atoms with E-state index in [9.17, 15) is 14.0 Å². The lowest BCUT2D eigenvalue weighted by molar-refractivity contribution is -0.137. The van der Waals surface area contributed by atoms with Gasteiger partial charge in [-0.15, -0.1) is 0 Å². The average Bonchev–Trinajstić information content (AvgIpc) is 2.87. The molecular formula is C21H20BrFN2O3. The van der Waals surface area contributed by atoms with E-state index in [1.165, 1.54) is 24.3 Å². The minimum absolute atomic E-state index is 0.00315. The van der Waals surface area contributed by atoms with Gasteiger partial charge in [0.15, 0.2) is 0 Å². The Kier molecular flexibility index (Phi) is 6.26. The molecule has 0 radical (unpaired) electrons. The van der Waals surface area contributed by atoms with Gasteiger partial charge in [-0.25, -0.2) is 4.39 Å². The lowest BCUT2D eigenvalue weighted by Crippen LogP contribution is -2.35. The van der Waals surface area contributed by atoms with E-state index < -0.39 is 17.6 Å². The molecule has 1 aliphatic heterocycles. The summed E-state index contributed by atoms with van der Waals surface area (Å²) in [5.74, 6) is -1.28. The topological polar surface area (TPSA) is 58.6 Å². The van der Waals surface area contributed by atoms with E-state index in [0.717, 1.165) is 9.37 Å². The van der Waals surface area contributed by atoms with E-state index in [1.807, 2.05) is 26.0 Å². The minimum Gasteiger partial charge on any atom is -0.377 e. The van der Waals surface area contributed by atoms with Gasteiger partial charge in [-0.1, -0.05) is 34.1 Å². The van der Waals surface area contributed by atoms with Gasteiger partial charge in [0.2, 0.25) is 0 Å². The highest BCUT2D eigenvalue weighted by Crippen LogP contribution is 2.31. The number of ether oxygens (including phenoxy) is 1. The molecule has 2 amide bonds. The zero-order chi connectivity index (χ0) is 20.3. The number of nitrogens with one attached hydrogen (secondary N) is 1. The van der Waals surface area contributed by atoms with Gasteiger partial charge in [-0.2, -0.15) is 0 Å². The van der Waals surface area contributed by atoms with Crippen LogP contribution in [0.15, 0.2) is 58.7 Å². The number of carbonyl (C=O) groups excluding carboxylic acids is 2. The Bertz CT molecular complexity index is 926. The Balaban J connectivity index is 1.96. The number of imide groups is 1. The highest BCUT2D eigenvalue weighted by atomic mass is 79.9. The van der Waals surface area contributed by atoms with Crippen LogP contribution in [-0.2, 0) is 14.3 Å². The van der Waals surface area contributed by atoms with Gasteiger partial charge in [0.05, 0.1) is 24.8 Å². The molecule has 0 fully saturated rings. The summed E-state index contributed by atoms with van der Waals surface area (Å²) in [6.45, 7) is 4.16. The second-order valence-electron chi connectivity index (χ2n) is 6.57. The van der Waals surface area contributed by atoms with Crippen LogP contribution < -0.4 is 5.32 Å². The molecule has 28 heavy (non-hydrogen) atoms. The van der Waals surface area contributed by atoms with Crippen molar-refractivity contribution in [1.29, 1.82) is 0 Å². The summed E-state index contributed by atoms with van der Waals surface area (Å²) in [4.78, 5) is 27.1. The maximum Gasteiger partial charge on any atom is 0.278 e. The first-order chi connectivity index (χ1) is 13.4. The van der Waals surface area contributed by atoms with Crippen LogP contribution in [0.25, 0.3) is 5.57 Å². The maximum atomic E-state index is 13.3. The van der Waals surface area contributed by atoms with E-state index in [2.05, 4.69) is 21.2 Å². The van der Waals surface area contributed by atoms with Crippen molar-refractivity contribution in [2.24, 2.45) is 0 Å². The third kappa shape index (κ3) is 4.48. The molecule has 7 heteroatoms. The van der Waals surface area contributed by atoms with Crippen LogP contribution in [0.1, 0.15) is 19.4 Å². The minimum atomic E-state index is -0.434. The summed E-state index contributed by atoms with van der Waals surface area (Å²) in [5.41, 5.74) is 1.52. The monoisotopic (exact) mass is 446 g/mol. The second-order valence-corrected chi connectivity index (χ2v) is 7.49. The molecule has 1 N–H and O–H groups in total. The van der Waals surface area contributed by atoms with Crippen molar-refractivity contribution in [3.05, 3.63) is 70.1 Å². The van der Waals surface area contributed by atoms with Gasteiger partial charge >= 0.3 is 0 Å². The summed E-state index contributed by atoms with van der Waals surface area (Å²) in [7, 11) is 0. The Morgan fingerprint density at radius 3 is 2.46 bits per heavy atom. The number of anilines is 1. The normalized spacial score (nSPS) is 14.4. The summed E-state index contributed by atoms with van der Waals surface area (Å²) in [6.07, 6.45) is -0.00315. The fraction of sp³-hybridized carbons (Fsp3) is 0.238. The highest BCUT2D eigenvalue weighted by molar-refractivity contribution is 9.10. The average molecular weight is 447 g/mol. The summed E-state index contributed by atoms with van der Waals surface area (Å²) >= 11 is 3.39. The van der Waals surface area contributed by atoms with Gasteiger partial charge in [-0.05, 0) is 49.7 Å². The number of rotatable bonds is 7. The fourth-order valence-electron chi connectivity index (χ4n) is 2.87. The van der Waals surface area contributed by atoms with Crippen LogP contribution >= 0.6 is 15.9 Å². The molecule has 0 unspecified atom stereocenters. The zero-order valence-electron chi connectivity index (χ0n) is 15.5. The van der Waals surface area contributed by atoms with Crippen molar-refractivity contribution < 1.29 is 18.7 Å². The number of benzene rings is 2. The van der Waals surface area contributed by atoms with Gasteiger partial charge in [0.1, 0.15) is 11.5 Å². The second kappa shape index (κ2) is 8.67. The fourth-order valence-corrected chi connectivity index (χ4v) is 3.27. The van der Waals surface area contributed by atoms with Crippen LogP contribution in [0, 0.1) is 5.82 Å². The predicted octanol–water partition coefficient (Wildman–Crippen LogP) is 4.21. The van der Waals surface area contributed by atoms with Crippen LogP contribution in [0.5, 0.6) is 0 Å². The molecule has 2 aromatic rings. The maximum absolute atomic E-state index is 13.3. The first-order valence-electron chi connectivity index (χ1n) is 8.87. The van der Waals surface area contributed by atoms with Gasteiger partial charge in [0, 0.05) is 10.2 Å². The zero-order valence-corrected chi connectivity index (χ0v) is 17.1. The Morgan fingerprint density at radius 1 is 1.11 bits per heavy atom. The number of carbonyl (C=O) groups is 2. The van der Waals surface area contributed by atoms with Crippen molar-refractivity contribution in [1.82, 2.24) is 4.90 Å². The molecule has 1 heterocycles. The van der Waals surface area contributed by atoms with Crippen molar-refractivity contribution in [3.63, 3.8) is 0 Å². The number of halogens is 2. The molecule has 0 aromatic heterocycles. The molecule has 0 saturated carbocycles. The molecule has 0 atom stereocenters. The van der Waals surface area contributed by atoms with E-state index in [4.69, 9.17) is 4.74 Å². The van der Waals surface area contributed by atoms with Crippen molar-refractivity contribution in [2.75, 3.05) is 18.5 Å². The molecule has 0 spiro atoms. The third-order valence-electron chi connectivity index (χ3n) is 4.16. The molecule has 1 aliphatic rings.